The first-order valence-corrected chi connectivity index (χ1v) is 8.43. The number of nitrogens with two attached hydrogens (primary N) is 1. The fraction of sp³-hybridized carbons (Fsp3) is 0.350. The smallest absolute Gasteiger partial charge is 0.422 e. The van der Waals surface area contributed by atoms with Gasteiger partial charge >= 0.3 is 6.18 Å². The number of likely N-dealkylation sites (N-methyl/N-ethyl adjacent to an activating group) is 1. The lowest BCUT2D eigenvalue weighted by atomic mass is 10.0. The van der Waals surface area contributed by atoms with E-state index in [0.29, 0.717) is 23.4 Å². The summed E-state index contributed by atoms with van der Waals surface area (Å²) in [7, 11) is 1.69. The van der Waals surface area contributed by atoms with Crippen LogP contribution in [0.25, 0.3) is 0 Å². The molecule has 2 aromatic carbocycles. The molecule has 0 bridgehead atoms. The number of carbonyl (C=O) groups is 1. The minimum Gasteiger partial charge on any atom is -0.484 e. The number of nitrogen functional groups attached to an aromatic ring is 1. The Hall–Kier alpha value is -2.41. The summed E-state index contributed by atoms with van der Waals surface area (Å²) in [5, 5.41) is 0. The average Bonchev–Trinajstić information content (AvgIpc) is 2.55. The maximum Gasteiger partial charge on any atom is 0.422 e. The molecule has 4 nitrogen and oxygen atoms in total. The lowest BCUT2D eigenvalue weighted by Crippen LogP contribution is -2.27. The molecule has 0 radical (unpaired) electrons. The van der Waals surface area contributed by atoms with E-state index in [1.807, 2.05) is 12.1 Å². The first kappa shape index (κ1) is 23.6. The lowest BCUT2D eigenvalue weighted by Gasteiger charge is -2.20. The van der Waals surface area contributed by atoms with Crippen molar-refractivity contribution in [3.8, 4) is 5.75 Å². The number of alkyl halides is 3. The van der Waals surface area contributed by atoms with Crippen LogP contribution in [0.2, 0.25) is 0 Å². The van der Waals surface area contributed by atoms with E-state index in [1.54, 1.807) is 50.1 Å². The van der Waals surface area contributed by atoms with Crippen LogP contribution in [0.3, 0.4) is 0 Å². The quantitative estimate of drug-likeness (QED) is 0.708. The molecule has 2 aromatic rings. The molecule has 1 amide bonds. The van der Waals surface area contributed by atoms with Gasteiger partial charge < -0.3 is 15.4 Å². The standard InChI is InChI=1S/C20H23F3N2O2.ClH/c1-13-8-16(9-14(2)19(13)27-12-20(21,22)23)11-25(3)18(26)10-15-4-6-17(24)7-5-15;/h4-9H,10-12,24H2,1-3H3;1H. The Bertz CT molecular complexity index is 785. The monoisotopic (exact) mass is 416 g/mol. The van der Waals surface area contributed by atoms with Gasteiger partial charge in [-0.2, -0.15) is 13.2 Å². The minimum atomic E-state index is -4.38. The zero-order valence-corrected chi connectivity index (χ0v) is 16.8. The van der Waals surface area contributed by atoms with E-state index in [0.717, 1.165) is 11.1 Å². The van der Waals surface area contributed by atoms with Gasteiger partial charge in [-0.1, -0.05) is 24.3 Å². The molecule has 0 atom stereocenters. The van der Waals surface area contributed by atoms with E-state index in [2.05, 4.69) is 0 Å². The van der Waals surface area contributed by atoms with Gasteiger partial charge in [-0.05, 0) is 48.2 Å². The number of aryl methyl sites for hydroxylation is 2. The van der Waals surface area contributed by atoms with Crippen molar-refractivity contribution >= 4 is 24.0 Å². The second kappa shape index (κ2) is 9.68. The normalized spacial score (nSPS) is 10.9. The molecule has 0 spiro atoms. The van der Waals surface area contributed by atoms with Gasteiger partial charge in [-0.15, -0.1) is 12.4 Å². The molecule has 0 aromatic heterocycles. The van der Waals surface area contributed by atoms with Gasteiger partial charge in [0.15, 0.2) is 6.61 Å². The van der Waals surface area contributed by atoms with Crippen LogP contribution in [0, 0.1) is 13.8 Å². The third kappa shape index (κ3) is 6.96. The second-order valence-electron chi connectivity index (χ2n) is 6.63. The molecule has 0 saturated carbocycles. The predicted octanol–water partition coefficient (Wildman–Crippen LogP) is 4.45. The first-order valence-electron chi connectivity index (χ1n) is 8.43. The van der Waals surface area contributed by atoms with Gasteiger partial charge in [0.05, 0.1) is 6.42 Å². The summed E-state index contributed by atoms with van der Waals surface area (Å²) in [4.78, 5) is 14.0. The molecule has 0 aliphatic carbocycles. The van der Waals surface area contributed by atoms with Gasteiger partial charge in [0.1, 0.15) is 5.75 Å². The highest BCUT2D eigenvalue weighted by Gasteiger charge is 2.29. The van der Waals surface area contributed by atoms with Crippen molar-refractivity contribution < 1.29 is 22.7 Å². The number of rotatable bonds is 6. The van der Waals surface area contributed by atoms with Crippen molar-refractivity contribution in [1.29, 1.82) is 0 Å². The Kier molecular flexibility index (Phi) is 8.17. The largest absolute Gasteiger partial charge is 0.484 e. The number of hydrogen-bond acceptors (Lipinski definition) is 3. The van der Waals surface area contributed by atoms with Crippen molar-refractivity contribution in [2.24, 2.45) is 0 Å². The zero-order chi connectivity index (χ0) is 20.2. The van der Waals surface area contributed by atoms with E-state index < -0.39 is 12.8 Å². The van der Waals surface area contributed by atoms with E-state index in [4.69, 9.17) is 10.5 Å². The molecule has 154 valence electrons. The van der Waals surface area contributed by atoms with Crippen LogP contribution in [0.4, 0.5) is 18.9 Å². The summed E-state index contributed by atoms with van der Waals surface area (Å²) >= 11 is 0. The molecule has 0 aliphatic heterocycles. The van der Waals surface area contributed by atoms with Crippen LogP contribution in [-0.4, -0.2) is 30.6 Å². The van der Waals surface area contributed by atoms with Crippen molar-refractivity contribution in [3.63, 3.8) is 0 Å². The number of hydrogen-bond donors (Lipinski definition) is 1. The lowest BCUT2D eigenvalue weighted by molar-refractivity contribution is -0.153. The third-order valence-electron chi connectivity index (χ3n) is 4.08. The van der Waals surface area contributed by atoms with Crippen molar-refractivity contribution in [3.05, 3.63) is 58.7 Å². The number of carbonyl (C=O) groups excluding carboxylic acids is 1. The summed E-state index contributed by atoms with van der Waals surface area (Å²) in [6.45, 7) is 2.42. The van der Waals surface area contributed by atoms with Gasteiger partial charge in [-0.3, -0.25) is 4.79 Å². The molecule has 8 heteroatoms. The van der Waals surface area contributed by atoms with E-state index in [9.17, 15) is 18.0 Å². The van der Waals surface area contributed by atoms with E-state index >= 15 is 0 Å². The van der Waals surface area contributed by atoms with Gasteiger partial charge in [0.2, 0.25) is 5.91 Å². The molecule has 28 heavy (non-hydrogen) atoms. The van der Waals surface area contributed by atoms with Crippen LogP contribution in [-0.2, 0) is 17.8 Å². The Labute approximate surface area is 168 Å². The van der Waals surface area contributed by atoms with Crippen LogP contribution in [0.5, 0.6) is 5.75 Å². The Morgan fingerprint density at radius 2 is 1.61 bits per heavy atom. The number of halogens is 4. The predicted molar refractivity (Wildman–Crippen MR) is 106 cm³/mol. The summed E-state index contributed by atoms with van der Waals surface area (Å²) < 4.78 is 42.0. The highest BCUT2D eigenvalue weighted by molar-refractivity contribution is 5.85. The summed E-state index contributed by atoms with van der Waals surface area (Å²) in [6, 6.07) is 10.6. The maximum atomic E-state index is 12.4. The fourth-order valence-electron chi connectivity index (χ4n) is 2.82. The van der Waals surface area contributed by atoms with E-state index in [1.165, 1.54) is 0 Å². The molecule has 0 fully saturated rings. The van der Waals surface area contributed by atoms with Gasteiger partial charge in [0.25, 0.3) is 0 Å². The minimum absolute atomic E-state index is 0. The Morgan fingerprint density at radius 1 is 1.07 bits per heavy atom. The van der Waals surface area contributed by atoms with Crippen molar-refractivity contribution in [1.82, 2.24) is 4.90 Å². The molecule has 0 unspecified atom stereocenters. The summed E-state index contributed by atoms with van der Waals surface area (Å²) in [5.74, 6) is 0.166. The number of amides is 1. The van der Waals surface area contributed by atoms with Crippen LogP contribution >= 0.6 is 12.4 Å². The number of nitrogens with zero attached hydrogens (tertiary/aromatic N) is 1. The second-order valence-corrected chi connectivity index (χ2v) is 6.63. The number of anilines is 1. The van der Waals surface area contributed by atoms with Gasteiger partial charge in [-0.25, -0.2) is 0 Å². The topological polar surface area (TPSA) is 55.6 Å². The fourth-order valence-corrected chi connectivity index (χ4v) is 2.82. The third-order valence-corrected chi connectivity index (χ3v) is 4.08. The molecular formula is C20H24ClF3N2O2. The molecule has 2 rings (SSSR count). The first-order chi connectivity index (χ1) is 12.5. The van der Waals surface area contributed by atoms with Crippen molar-refractivity contribution in [2.75, 3.05) is 19.4 Å². The highest BCUT2D eigenvalue weighted by atomic mass is 35.5. The average molecular weight is 417 g/mol. The maximum absolute atomic E-state index is 12.4. The SMILES string of the molecule is Cc1cc(CN(C)C(=O)Cc2ccc(N)cc2)cc(C)c1OCC(F)(F)F.Cl. The van der Waals surface area contributed by atoms with Crippen LogP contribution in [0.1, 0.15) is 22.3 Å². The van der Waals surface area contributed by atoms with E-state index in [-0.39, 0.29) is 30.5 Å². The summed E-state index contributed by atoms with van der Waals surface area (Å²) in [6.07, 6.45) is -4.13. The number of ether oxygens (including phenoxy) is 1. The molecule has 2 N–H and O–H groups in total. The molecular weight excluding hydrogens is 393 g/mol. The Morgan fingerprint density at radius 3 is 2.11 bits per heavy atom. The molecule has 0 aliphatic rings. The Balaban J connectivity index is 0.00000392. The van der Waals surface area contributed by atoms with Crippen LogP contribution in [0.15, 0.2) is 36.4 Å². The van der Waals surface area contributed by atoms with Crippen LogP contribution < -0.4 is 10.5 Å². The van der Waals surface area contributed by atoms with Crippen molar-refractivity contribution in [2.45, 2.75) is 33.0 Å². The number of benzene rings is 2. The highest BCUT2D eigenvalue weighted by Crippen LogP contribution is 2.27. The molecule has 0 heterocycles. The van der Waals surface area contributed by atoms with Gasteiger partial charge in [0, 0.05) is 19.3 Å². The zero-order valence-electron chi connectivity index (χ0n) is 16.0. The summed E-state index contributed by atoms with van der Waals surface area (Å²) in [5.41, 5.74) is 9.18. The molecule has 0 saturated heterocycles.